The summed E-state index contributed by atoms with van der Waals surface area (Å²) in [7, 11) is 0. The van der Waals surface area contributed by atoms with Crippen LogP contribution in [0.3, 0.4) is 0 Å². The standard InChI is InChI=1S/C43H64O11/c1-23-11-10-17-43(20-14-29-28(35(23)43)12-13-33-41(29,8)18-15-32-40(6,7)34(49)16-19-42(32,33)9)21-30(48)36-38(52-26(4)46)39(53-27(5)47)37(51-25(3)45)31(54-36)22-50-24(2)44/h12,23,29-33,35-39,48H,10-11,13-22H2,1-9H3/t23-,29?,30+,31?,32?,33?,35?,36-,37-,38?,39?,41-,42-,43+/m0/s1. The van der Waals surface area contributed by atoms with E-state index in [1.807, 2.05) is 0 Å². The number of aliphatic hydroxyl groups is 1. The molecule has 7 unspecified atom stereocenters. The number of esters is 4. The molecule has 11 nitrogen and oxygen atoms in total. The van der Waals surface area contributed by atoms with Crippen LogP contribution in [-0.2, 0) is 47.7 Å². The van der Waals surface area contributed by atoms with Crippen LogP contribution in [-0.4, -0.2) is 78.0 Å². The van der Waals surface area contributed by atoms with E-state index in [0.29, 0.717) is 42.3 Å². The van der Waals surface area contributed by atoms with Crippen molar-refractivity contribution in [1.29, 1.82) is 0 Å². The van der Waals surface area contributed by atoms with Gasteiger partial charge in [0.15, 0.2) is 18.3 Å². The van der Waals surface area contributed by atoms with Crippen molar-refractivity contribution in [3.05, 3.63) is 11.6 Å². The largest absolute Gasteiger partial charge is 0.463 e. The molecule has 54 heavy (non-hydrogen) atoms. The Balaban J connectivity index is 1.33. The Morgan fingerprint density at radius 2 is 1.46 bits per heavy atom. The summed E-state index contributed by atoms with van der Waals surface area (Å²) < 4.78 is 28.8. The van der Waals surface area contributed by atoms with Crippen LogP contribution in [0.25, 0.3) is 0 Å². The molecule has 11 heteroatoms. The van der Waals surface area contributed by atoms with Gasteiger partial charge in [-0.3, -0.25) is 24.0 Å². The second kappa shape index (κ2) is 14.9. The van der Waals surface area contributed by atoms with Crippen molar-refractivity contribution in [2.45, 2.75) is 170 Å². The van der Waals surface area contributed by atoms with E-state index in [1.54, 1.807) is 0 Å². The highest BCUT2D eigenvalue weighted by Gasteiger charge is 2.65. The molecule has 0 aromatic heterocycles. The number of hydrogen-bond acceptors (Lipinski definition) is 11. The van der Waals surface area contributed by atoms with Crippen LogP contribution < -0.4 is 0 Å². The first kappa shape index (κ1) is 40.9. The monoisotopic (exact) mass is 756 g/mol. The third kappa shape index (κ3) is 7.07. The Morgan fingerprint density at radius 3 is 2.11 bits per heavy atom. The Kier molecular flexibility index (Phi) is 11.3. The summed E-state index contributed by atoms with van der Waals surface area (Å²) in [5, 5.41) is 12.4. The zero-order valence-electron chi connectivity index (χ0n) is 33.9. The lowest BCUT2D eigenvalue weighted by Crippen LogP contribution is -2.65. The van der Waals surface area contributed by atoms with E-state index >= 15 is 0 Å². The highest BCUT2D eigenvalue weighted by Crippen LogP contribution is 2.72. The molecule has 1 saturated heterocycles. The van der Waals surface area contributed by atoms with E-state index in [1.165, 1.54) is 33.3 Å². The minimum atomic E-state index is -1.31. The van der Waals surface area contributed by atoms with Gasteiger partial charge < -0.3 is 28.8 Å². The predicted molar refractivity (Wildman–Crippen MR) is 197 cm³/mol. The lowest BCUT2D eigenvalue weighted by molar-refractivity contribution is -0.268. The van der Waals surface area contributed by atoms with Gasteiger partial charge in [0.05, 0.1) is 6.10 Å². The maximum atomic E-state index is 13.2. The maximum Gasteiger partial charge on any atom is 0.303 e. The van der Waals surface area contributed by atoms with Gasteiger partial charge in [0.2, 0.25) is 0 Å². The number of ether oxygens (including phenoxy) is 5. The summed E-state index contributed by atoms with van der Waals surface area (Å²) in [6.45, 7) is 16.3. The van der Waals surface area contributed by atoms with E-state index in [4.69, 9.17) is 23.7 Å². The molecular weight excluding hydrogens is 692 g/mol. The van der Waals surface area contributed by atoms with Crippen LogP contribution in [0.2, 0.25) is 0 Å². The highest BCUT2D eigenvalue weighted by atomic mass is 16.7. The summed E-state index contributed by atoms with van der Waals surface area (Å²) in [5.41, 5.74) is 1.21. The van der Waals surface area contributed by atoms with Gasteiger partial charge in [-0.15, -0.1) is 0 Å². The molecule has 14 atom stereocenters. The average Bonchev–Trinajstić information content (AvgIpc) is 3.06. The Hall–Kier alpha value is -2.79. The first-order chi connectivity index (χ1) is 25.2. The van der Waals surface area contributed by atoms with Gasteiger partial charge in [0.25, 0.3) is 0 Å². The highest BCUT2D eigenvalue weighted by molar-refractivity contribution is 5.85. The van der Waals surface area contributed by atoms with E-state index in [0.717, 1.165) is 57.8 Å². The number of carbonyl (C=O) groups excluding carboxylic acids is 5. The van der Waals surface area contributed by atoms with Crippen molar-refractivity contribution < 1.29 is 52.8 Å². The number of fused-ring (bicyclic) bond motifs is 7. The molecule has 302 valence electrons. The van der Waals surface area contributed by atoms with Gasteiger partial charge in [-0.25, -0.2) is 0 Å². The number of rotatable bonds is 8. The number of carbonyl (C=O) groups is 5. The molecule has 6 aliphatic rings. The fraction of sp³-hybridized carbons (Fsp3) is 0.837. The lowest BCUT2D eigenvalue weighted by atomic mass is 9.37. The Morgan fingerprint density at radius 1 is 0.815 bits per heavy atom. The second-order valence-electron chi connectivity index (χ2n) is 19.0. The van der Waals surface area contributed by atoms with E-state index in [-0.39, 0.29) is 34.2 Å². The molecule has 0 amide bonds. The molecular formula is C43H64O11. The van der Waals surface area contributed by atoms with Gasteiger partial charge in [-0.1, -0.05) is 59.1 Å². The summed E-state index contributed by atoms with van der Waals surface area (Å²) >= 11 is 0. The number of Topliss-reactive ketones (excluding diaryl/α,β-unsaturated/α-hetero) is 1. The Bertz CT molecular complexity index is 1530. The predicted octanol–water partition coefficient (Wildman–Crippen LogP) is 6.45. The molecule has 0 spiro atoms. The SMILES string of the molecule is CC(=O)OCC1O[C@@H]([C@H](O)C[C@]23CCC[C@H](C)C2C2=CCC4[C@@](C)(CCC5C(C)(C)C(=O)CC[C@@]54C)C2CC3)C(OC(C)=O)C(OC(C)=O)[C@H]1OC(C)=O. The molecule has 1 N–H and O–H groups in total. The quantitative estimate of drug-likeness (QED) is 0.165. The van der Waals surface area contributed by atoms with Crippen LogP contribution in [0.4, 0.5) is 0 Å². The smallest absolute Gasteiger partial charge is 0.303 e. The van der Waals surface area contributed by atoms with Crippen LogP contribution in [0.15, 0.2) is 11.6 Å². The molecule has 1 aliphatic heterocycles. The molecule has 0 radical (unpaired) electrons. The topological polar surface area (TPSA) is 152 Å². The lowest BCUT2D eigenvalue weighted by Gasteiger charge is -2.67. The minimum absolute atomic E-state index is 0.102. The fourth-order valence-electron chi connectivity index (χ4n) is 13.5. The molecule has 1 heterocycles. The average molecular weight is 757 g/mol. The summed E-state index contributed by atoms with van der Waals surface area (Å²) in [4.78, 5) is 62.3. The van der Waals surface area contributed by atoms with Crippen LogP contribution in [0.1, 0.15) is 133 Å². The zero-order chi connectivity index (χ0) is 39.5. The van der Waals surface area contributed by atoms with Crippen LogP contribution >= 0.6 is 0 Å². The van der Waals surface area contributed by atoms with Gasteiger partial charge in [0, 0.05) is 39.5 Å². The first-order valence-corrected chi connectivity index (χ1v) is 20.5. The van der Waals surface area contributed by atoms with Crippen LogP contribution in [0.5, 0.6) is 0 Å². The molecule has 0 aromatic rings. The molecule has 5 aliphatic carbocycles. The molecule has 0 aromatic carbocycles. The molecule has 4 saturated carbocycles. The second-order valence-corrected chi connectivity index (χ2v) is 19.0. The van der Waals surface area contributed by atoms with Crippen molar-refractivity contribution >= 4 is 29.7 Å². The van der Waals surface area contributed by atoms with Crippen molar-refractivity contribution in [3.63, 3.8) is 0 Å². The maximum absolute atomic E-state index is 13.2. The summed E-state index contributed by atoms with van der Waals surface area (Å²) in [5.74, 6) is -0.285. The third-order valence-electron chi connectivity index (χ3n) is 15.5. The number of aliphatic hydroxyl groups excluding tert-OH is 1. The van der Waals surface area contributed by atoms with E-state index < -0.39 is 60.5 Å². The molecule has 6 rings (SSSR count). The summed E-state index contributed by atoms with van der Waals surface area (Å²) in [6.07, 6.45) is 5.46. The molecule has 0 bridgehead atoms. The first-order valence-electron chi connectivity index (χ1n) is 20.5. The van der Waals surface area contributed by atoms with Crippen LogP contribution in [0, 0.1) is 51.2 Å². The number of hydrogen-bond donors (Lipinski definition) is 1. The van der Waals surface area contributed by atoms with E-state index in [9.17, 15) is 29.1 Å². The Labute approximate surface area is 321 Å². The normalized spacial score (nSPS) is 43.1. The van der Waals surface area contributed by atoms with Crippen molar-refractivity contribution in [1.82, 2.24) is 0 Å². The zero-order valence-corrected chi connectivity index (χ0v) is 33.9. The number of ketones is 1. The number of allylic oxidation sites excluding steroid dienone is 2. The minimum Gasteiger partial charge on any atom is -0.463 e. The van der Waals surface area contributed by atoms with Gasteiger partial charge >= 0.3 is 23.9 Å². The summed E-state index contributed by atoms with van der Waals surface area (Å²) in [6, 6.07) is 0. The third-order valence-corrected chi connectivity index (χ3v) is 15.5. The van der Waals surface area contributed by atoms with Gasteiger partial charge in [-0.2, -0.15) is 0 Å². The van der Waals surface area contributed by atoms with Gasteiger partial charge in [-0.05, 0) is 97.2 Å². The molecule has 5 fully saturated rings. The van der Waals surface area contributed by atoms with Gasteiger partial charge in [0.1, 0.15) is 24.6 Å². The van der Waals surface area contributed by atoms with E-state index in [2.05, 4.69) is 40.7 Å². The van der Waals surface area contributed by atoms with Crippen molar-refractivity contribution in [2.24, 2.45) is 51.2 Å². The van der Waals surface area contributed by atoms with Crippen molar-refractivity contribution in [3.8, 4) is 0 Å². The van der Waals surface area contributed by atoms with Crippen molar-refractivity contribution in [2.75, 3.05) is 6.61 Å². The fourth-order valence-corrected chi connectivity index (χ4v) is 13.5.